The number of hydrogen-bond donors (Lipinski definition) is 0. The smallest absolute Gasteiger partial charge is 0.266 e. The Morgan fingerprint density at radius 1 is 1.21 bits per heavy atom. The average Bonchev–Trinajstić information content (AvgIpc) is 3.44. The minimum atomic E-state index is -3.96. The number of allylic oxidation sites excluding steroid dienone is 1. The normalized spacial score (nSPS) is 19.0. The fourth-order valence-electron chi connectivity index (χ4n) is 4.18. The van der Waals surface area contributed by atoms with Gasteiger partial charge in [0.25, 0.3) is 5.91 Å². The summed E-state index contributed by atoms with van der Waals surface area (Å²) in [6.07, 6.45) is 2.60. The zero-order valence-corrected chi connectivity index (χ0v) is 19.8. The van der Waals surface area contributed by atoms with Gasteiger partial charge in [0.05, 0.1) is 15.1 Å². The van der Waals surface area contributed by atoms with E-state index in [-0.39, 0.29) is 11.4 Å². The highest BCUT2D eigenvalue weighted by Crippen LogP contribution is 2.35. The van der Waals surface area contributed by atoms with E-state index < -0.39 is 27.8 Å². The number of rotatable bonds is 5. The lowest BCUT2D eigenvalue weighted by atomic mass is 10.2. The van der Waals surface area contributed by atoms with Crippen LogP contribution in [0.15, 0.2) is 58.9 Å². The summed E-state index contributed by atoms with van der Waals surface area (Å²) in [5, 5.41) is 0. The molecule has 8 nitrogen and oxygen atoms in total. The van der Waals surface area contributed by atoms with E-state index in [0.29, 0.717) is 48.9 Å². The first-order chi connectivity index (χ1) is 16.4. The summed E-state index contributed by atoms with van der Waals surface area (Å²) in [5.41, 5.74) is 0.822. The van der Waals surface area contributed by atoms with Crippen LogP contribution in [-0.4, -0.2) is 49.0 Å². The molecular formula is C23H22FN3O5S2. The van der Waals surface area contributed by atoms with Gasteiger partial charge >= 0.3 is 0 Å². The van der Waals surface area contributed by atoms with Crippen LogP contribution in [0.1, 0.15) is 12.8 Å². The lowest BCUT2D eigenvalue weighted by Crippen LogP contribution is -2.40. The molecule has 2 aromatic carbocycles. The van der Waals surface area contributed by atoms with Gasteiger partial charge in [-0.2, -0.15) is 9.30 Å². The number of nitrogens with zero attached hydrogens (tertiary/aromatic N) is 3. The number of amides is 1. The van der Waals surface area contributed by atoms with Crippen LogP contribution in [0.25, 0.3) is 10.2 Å². The van der Waals surface area contributed by atoms with Crippen molar-refractivity contribution in [3.8, 4) is 11.5 Å². The molecule has 3 aromatic rings. The van der Waals surface area contributed by atoms with E-state index in [1.54, 1.807) is 6.08 Å². The van der Waals surface area contributed by atoms with E-state index in [9.17, 15) is 17.6 Å². The van der Waals surface area contributed by atoms with Crippen LogP contribution in [-0.2, 0) is 21.4 Å². The average molecular weight is 504 g/mol. The molecule has 1 saturated heterocycles. The second-order valence-corrected chi connectivity index (χ2v) is 10.8. The van der Waals surface area contributed by atoms with Gasteiger partial charge in [-0.05, 0) is 37.1 Å². The van der Waals surface area contributed by atoms with Gasteiger partial charge in [0.2, 0.25) is 10.0 Å². The predicted molar refractivity (Wildman–Crippen MR) is 125 cm³/mol. The maximum Gasteiger partial charge on any atom is 0.266 e. The summed E-state index contributed by atoms with van der Waals surface area (Å²) < 4.78 is 54.8. The SMILES string of the molecule is C=CCn1c(=NC(=O)C2CCCN2S(=O)(=O)c2ccc(F)cc2)sc2cc3c(cc21)OCCO3. The molecule has 0 N–H and O–H groups in total. The van der Waals surface area contributed by atoms with Crippen molar-refractivity contribution in [2.45, 2.75) is 30.3 Å². The lowest BCUT2D eigenvalue weighted by Gasteiger charge is -2.21. The van der Waals surface area contributed by atoms with Crippen LogP contribution in [0.4, 0.5) is 4.39 Å². The van der Waals surface area contributed by atoms with Gasteiger partial charge in [-0.15, -0.1) is 6.58 Å². The fourth-order valence-corrected chi connectivity index (χ4v) is 6.89. The van der Waals surface area contributed by atoms with Crippen molar-refractivity contribution in [2.24, 2.45) is 4.99 Å². The lowest BCUT2D eigenvalue weighted by molar-refractivity contribution is -0.121. The van der Waals surface area contributed by atoms with Crippen molar-refractivity contribution >= 4 is 37.5 Å². The Hall–Kier alpha value is -3.02. The van der Waals surface area contributed by atoms with Crippen LogP contribution < -0.4 is 14.3 Å². The number of carbonyl (C=O) groups excluding carboxylic acids is 1. The first kappa shape index (κ1) is 22.8. The predicted octanol–water partition coefficient (Wildman–Crippen LogP) is 3.08. The van der Waals surface area contributed by atoms with E-state index in [2.05, 4.69) is 11.6 Å². The molecule has 0 aliphatic carbocycles. The number of halogens is 1. The molecule has 0 saturated carbocycles. The van der Waals surface area contributed by atoms with Crippen molar-refractivity contribution in [1.82, 2.24) is 8.87 Å². The Bertz CT molecular complexity index is 1440. The topological polar surface area (TPSA) is 90.2 Å². The number of sulfonamides is 1. The van der Waals surface area contributed by atoms with E-state index >= 15 is 0 Å². The van der Waals surface area contributed by atoms with Gasteiger partial charge < -0.3 is 14.0 Å². The maximum atomic E-state index is 13.3. The molecule has 1 atom stereocenters. The summed E-state index contributed by atoms with van der Waals surface area (Å²) in [6, 6.07) is 7.39. The number of ether oxygens (including phenoxy) is 2. The van der Waals surface area contributed by atoms with Crippen LogP contribution in [0.2, 0.25) is 0 Å². The number of benzene rings is 2. The zero-order valence-electron chi connectivity index (χ0n) is 18.1. The zero-order chi connectivity index (χ0) is 23.9. The van der Waals surface area contributed by atoms with Crippen LogP contribution in [0.3, 0.4) is 0 Å². The molecule has 1 unspecified atom stereocenters. The fraction of sp³-hybridized carbons (Fsp3) is 0.304. The molecule has 3 heterocycles. The Morgan fingerprint density at radius 2 is 1.91 bits per heavy atom. The second kappa shape index (κ2) is 8.97. The van der Waals surface area contributed by atoms with Crippen LogP contribution >= 0.6 is 11.3 Å². The highest BCUT2D eigenvalue weighted by Gasteiger charge is 2.39. The minimum absolute atomic E-state index is 0.0530. The molecule has 178 valence electrons. The van der Waals surface area contributed by atoms with Crippen molar-refractivity contribution in [3.63, 3.8) is 0 Å². The summed E-state index contributed by atoms with van der Waals surface area (Å²) in [5.74, 6) is 0.192. The molecule has 5 rings (SSSR count). The minimum Gasteiger partial charge on any atom is -0.486 e. The Labute approximate surface area is 199 Å². The maximum absolute atomic E-state index is 13.3. The van der Waals surface area contributed by atoms with Crippen molar-refractivity contribution < 1.29 is 27.1 Å². The molecule has 0 radical (unpaired) electrons. The number of hydrogen-bond acceptors (Lipinski definition) is 6. The van der Waals surface area contributed by atoms with Gasteiger partial charge in [-0.25, -0.2) is 12.8 Å². The number of thiazole rings is 1. The molecule has 1 fully saturated rings. The van der Waals surface area contributed by atoms with Crippen molar-refractivity contribution in [3.05, 3.63) is 59.7 Å². The molecule has 2 aliphatic heterocycles. The molecule has 11 heteroatoms. The highest BCUT2D eigenvalue weighted by atomic mass is 32.2. The second-order valence-electron chi connectivity index (χ2n) is 7.93. The number of fused-ring (bicyclic) bond motifs is 2. The molecule has 0 bridgehead atoms. The van der Waals surface area contributed by atoms with Gasteiger partial charge in [0.15, 0.2) is 16.3 Å². The number of aromatic nitrogens is 1. The third kappa shape index (κ3) is 4.04. The van der Waals surface area contributed by atoms with Crippen molar-refractivity contribution in [1.29, 1.82) is 0 Å². The summed E-state index contributed by atoms with van der Waals surface area (Å²) in [4.78, 5) is 18.0. The van der Waals surface area contributed by atoms with Gasteiger partial charge in [-0.1, -0.05) is 17.4 Å². The third-order valence-electron chi connectivity index (χ3n) is 5.77. The largest absolute Gasteiger partial charge is 0.486 e. The molecule has 0 spiro atoms. The quantitative estimate of drug-likeness (QED) is 0.499. The Balaban J connectivity index is 1.53. The molecule has 2 aliphatic rings. The van der Waals surface area contributed by atoms with Gasteiger partial charge in [0.1, 0.15) is 25.1 Å². The summed E-state index contributed by atoms with van der Waals surface area (Å²) in [7, 11) is -3.96. The van der Waals surface area contributed by atoms with Crippen LogP contribution in [0.5, 0.6) is 11.5 Å². The Kier molecular flexibility index (Phi) is 6.00. The first-order valence-electron chi connectivity index (χ1n) is 10.8. The summed E-state index contributed by atoms with van der Waals surface area (Å²) in [6.45, 7) is 5.33. The Morgan fingerprint density at radius 3 is 2.62 bits per heavy atom. The molecule has 1 aromatic heterocycles. The highest BCUT2D eigenvalue weighted by molar-refractivity contribution is 7.89. The van der Waals surface area contributed by atoms with Gasteiger partial charge in [0, 0.05) is 25.2 Å². The number of carbonyl (C=O) groups is 1. The van der Waals surface area contributed by atoms with E-state index in [1.165, 1.54) is 23.5 Å². The monoisotopic (exact) mass is 503 g/mol. The van der Waals surface area contributed by atoms with E-state index in [4.69, 9.17) is 9.47 Å². The summed E-state index contributed by atoms with van der Waals surface area (Å²) >= 11 is 1.31. The molecule has 34 heavy (non-hydrogen) atoms. The van der Waals surface area contributed by atoms with Gasteiger partial charge in [-0.3, -0.25) is 4.79 Å². The first-order valence-corrected chi connectivity index (χ1v) is 13.0. The van der Waals surface area contributed by atoms with Crippen LogP contribution in [0, 0.1) is 5.82 Å². The van der Waals surface area contributed by atoms with E-state index in [0.717, 1.165) is 26.7 Å². The molecule has 1 amide bonds. The standard InChI is InChI=1S/C23H22FN3O5S2/c1-2-9-26-18-13-19-20(32-12-11-31-19)14-21(18)33-23(26)25-22(28)17-4-3-10-27(17)34(29,30)16-7-5-15(24)6-8-16/h2,5-8,13-14,17H,1,3-4,9-12H2. The van der Waals surface area contributed by atoms with Crippen molar-refractivity contribution in [2.75, 3.05) is 19.8 Å². The van der Waals surface area contributed by atoms with E-state index in [1.807, 2.05) is 16.7 Å². The molecular weight excluding hydrogens is 481 g/mol. The third-order valence-corrected chi connectivity index (χ3v) is 8.74.